The Hall–Kier alpha value is -1.51. The summed E-state index contributed by atoms with van der Waals surface area (Å²) in [5.41, 5.74) is 1.55. The highest BCUT2D eigenvalue weighted by Gasteiger charge is 1.96. The van der Waals surface area contributed by atoms with E-state index in [-0.39, 0.29) is 6.04 Å². The molecule has 0 saturated heterocycles. The molecule has 13 heavy (non-hydrogen) atoms. The molecule has 1 heterocycles. The third kappa shape index (κ3) is 2.78. The first-order valence-corrected chi connectivity index (χ1v) is 4.22. The van der Waals surface area contributed by atoms with Gasteiger partial charge in [-0.25, -0.2) is 0 Å². The number of aliphatic imine (C=N–C) groups is 1. The van der Waals surface area contributed by atoms with E-state index in [1.807, 2.05) is 26.0 Å². The van der Waals surface area contributed by atoms with Gasteiger partial charge in [-0.2, -0.15) is 0 Å². The molecule has 0 aliphatic carbocycles. The molecule has 0 fully saturated rings. The maximum Gasteiger partial charge on any atom is 0.0895 e. The van der Waals surface area contributed by atoms with Crippen LogP contribution >= 0.6 is 0 Å². The van der Waals surface area contributed by atoms with Crippen LogP contribution < -0.4 is 0 Å². The predicted molar refractivity (Wildman–Crippen MR) is 54.9 cm³/mol. The van der Waals surface area contributed by atoms with Gasteiger partial charge in [0.05, 0.1) is 5.69 Å². The summed E-state index contributed by atoms with van der Waals surface area (Å²) in [4.78, 5) is 8.33. The molecule has 1 aromatic heterocycles. The van der Waals surface area contributed by atoms with Crippen LogP contribution in [0.5, 0.6) is 0 Å². The van der Waals surface area contributed by atoms with Gasteiger partial charge in [-0.1, -0.05) is 0 Å². The lowest BCUT2D eigenvalue weighted by atomic mass is 10.2. The molecule has 0 aliphatic heterocycles. The summed E-state index contributed by atoms with van der Waals surface area (Å²) >= 11 is 0. The largest absolute Gasteiger partial charge is 0.308 e. The van der Waals surface area contributed by atoms with E-state index in [4.69, 9.17) is 5.41 Å². The summed E-state index contributed by atoms with van der Waals surface area (Å²) in [6, 6.07) is 3.93. The lowest BCUT2D eigenvalue weighted by Crippen LogP contribution is -1.97. The van der Waals surface area contributed by atoms with Crippen molar-refractivity contribution in [1.82, 2.24) is 4.98 Å². The summed E-state index contributed by atoms with van der Waals surface area (Å²) < 4.78 is 0. The average molecular weight is 175 g/mol. The van der Waals surface area contributed by atoms with Gasteiger partial charge in [-0.15, -0.1) is 0 Å². The van der Waals surface area contributed by atoms with Crippen LogP contribution in [0.2, 0.25) is 0 Å². The summed E-state index contributed by atoms with van der Waals surface area (Å²) in [5.74, 6) is 0. The number of nitrogens with zero attached hydrogens (tertiary/aromatic N) is 2. The first-order chi connectivity index (χ1) is 6.24. The Morgan fingerprint density at radius 3 is 2.92 bits per heavy atom. The molecule has 0 amide bonds. The van der Waals surface area contributed by atoms with Crippen molar-refractivity contribution >= 4 is 12.4 Å². The zero-order valence-electron chi connectivity index (χ0n) is 7.86. The van der Waals surface area contributed by atoms with Crippen molar-refractivity contribution in [2.45, 2.75) is 19.9 Å². The first kappa shape index (κ1) is 9.58. The van der Waals surface area contributed by atoms with Gasteiger partial charge in [-0.05, 0) is 26.0 Å². The van der Waals surface area contributed by atoms with Crippen molar-refractivity contribution in [2.75, 3.05) is 0 Å². The Bertz CT molecular complexity index is 316. The number of nitrogens with one attached hydrogen (secondary N) is 1. The van der Waals surface area contributed by atoms with Gasteiger partial charge in [0.15, 0.2) is 0 Å². The highest BCUT2D eigenvalue weighted by Crippen LogP contribution is 1.99. The molecule has 0 saturated carbocycles. The maximum atomic E-state index is 7.14. The smallest absolute Gasteiger partial charge is 0.0895 e. The van der Waals surface area contributed by atoms with Gasteiger partial charge in [0.25, 0.3) is 0 Å². The van der Waals surface area contributed by atoms with Crippen LogP contribution in [0.4, 0.5) is 0 Å². The van der Waals surface area contributed by atoms with Crippen LogP contribution in [-0.4, -0.2) is 23.5 Å². The third-order valence-electron chi connectivity index (χ3n) is 1.52. The van der Waals surface area contributed by atoms with Gasteiger partial charge in [0.1, 0.15) is 0 Å². The molecule has 1 aromatic rings. The number of rotatable bonds is 3. The lowest BCUT2D eigenvalue weighted by Gasteiger charge is -1.98. The number of hydrogen-bond acceptors (Lipinski definition) is 3. The summed E-state index contributed by atoms with van der Waals surface area (Å²) in [7, 11) is 0. The van der Waals surface area contributed by atoms with Crippen LogP contribution in [0, 0.1) is 5.41 Å². The van der Waals surface area contributed by atoms with E-state index in [1.165, 1.54) is 6.21 Å². The fraction of sp³-hybridized carbons (Fsp3) is 0.300. The van der Waals surface area contributed by atoms with E-state index in [0.29, 0.717) is 0 Å². The minimum Gasteiger partial charge on any atom is -0.308 e. The van der Waals surface area contributed by atoms with E-state index >= 15 is 0 Å². The van der Waals surface area contributed by atoms with Crippen LogP contribution in [0.1, 0.15) is 25.1 Å². The fourth-order valence-electron chi connectivity index (χ4n) is 0.880. The number of pyridine rings is 1. The Balaban J connectivity index is 2.93. The molecule has 3 nitrogen and oxygen atoms in total. The second-order valence-corrected chi connectivity index (χ2v) is 2.99. The molecule has 1 N–H and O–H groups in total. The molecule has 0 aromatic carbocycles. The molecular weight excluding hydrogens is 162 g/mol. The Morgan fingerprint density at radius 2 is 2.31 bits per heavy atom. The molecule has 0 unspecified atom stereocenters. The Morgan fingerprint density at radius 1 is 1.54 bits per heavy atom. The maximum absolute atomic E-state index is 7.14. The number of aromatic nitrogens is 1. The standard InChI is InChI=1S/C10H13N3/c1-8(2)13-7-10-9(6-11)4-3-5-12-10/h3-8,11H,1-2H3. The monoisotopic (exact) mass is 175 g/mol. The van der Waals surface area contributed by atoms with Gasteiger partial charge < -0.3 is 5.41 Å². The van der Waals surface area contributed by atoms with Crippen molar-refractivity contribution in [3.8, 4) is 0 Å². The van der Waals surface area contributed by atoms with Crippen molar-refractivity contribution in [1.29, 1.82) is 5.41 Å². The third-order valence-corrected chi connectivity index (χ3v) is 1.52. The summed E-state index contributed by atoms with van der Waals surface area (Å²) in [6.07, 6.45) is 4.70. The zero-order valence-corrected chi connectivity index (χ0v) is 7.86. The van der Waals surface area contributed by atoms with Crippen LogP contribution in [-0.2, 0) is 0 Å². The van der Waals surface area contributed by atoms with Crippen molar-refractivity contribution < 1.29 is 0 Å². The van der Waals surface area contributed by atoms with Crippen molar-refractivity contribution in [3.63, 3.8) is 0 Å². The van der Waals surface area contributed by atoms with Crippen LogP contribution in [0.3, 0.4) is 0 Å². The topological polar surface area (TPSA) is 49.1 Å². The highest BCUT2D eigenvalue weighted by molar-refractivity contribution is 5.91. The quantitative estimate of drug-likeness (QED) is 0.701. The van der Waals surface area contributed by atoms with Gasteiger partial charge in [0, 0.05) is 30.2 Å². The minimum absolute atomic E-state index is 0.264. The zero-order chi connectivity index (χ0) is 9.68. The van der Waals surface area contributed by atoms with E-state index in [9.17, 15) is 0 Å². The van der Waals surface area contributed by atoms with E-state index < -0.39 is 0 Å². The molecule has 68 valence electrons. The van der Waals surface area contributed by atoms with E-state index in [1.54, 1.807) is 12.4 Å². The Labute approximate surface area is 78.1 Å². The van der Waals surface area contributed by atoms with Crippen molar-refractivity contribution in [2.24, 2.45) is 4.99 Å². The molecule has 0 atom stereocenters. The van der Waals surface area contributed by atoms with Crippen LogP contribution in [0.25, 0.3) is 0 Å². The predicted octanol–water partition coefficient (Wildman–Crippen LogP) is 1.91. The fourth-order valence-corrected chi connectivity index (χ4v) is 0.880. The normalized spacial score (nSPS) is 11.0. The molecule has 3 heteroatoms. The summed E-state index contributed by atoms with van der Waals surface area (Å²) in [6.45, 7) is 4.01. The second-order valence-electron chi connectivity index (χ2n) is 2.99. The summed E-state index contributed by atoms with van der Waals surface area (Å²) in [5, 5.41) is 7.14. The Kier molecular flexibility index (Phi) is 3.31. The molecule has 0 spiro atoms. The van der Waals surface area contributed by atoms with Gasteiger partial charge >= 0.3 is 0 Å². The van der Waals surface area contributed by atoms with E-state index in [0.717, 1.165) is 11.3 Å². The van der Waals surface area contributed by atoms with Crippen molar-refractivity contribution in [3.05, 3.63) is 29.6 Å². The SMILES string of the molecule is CC(C)N=Cc1ncccc1C=N. The second kappa shape index (κ2) is 4.50. The molecular formula is C10H13N3. The average Bonchev–Trinajstić information content (AvgIpc) is 2.15. The number of hydrogen-bond donors (Lipinski definition) is 1. The molecule has 1 rings (SSSR count). The van der Waals surface area contributed by atoms with E-state index in [2.05, 4.69) is 9.98 Å². The molecule has 0 bridgehead atoms. The lowest BCUT2D eigenvalue weighted by molar-refractivity contribution is 0.840. The minimum atomic E-state index is 0.264. The van der Waals surface area contributed by atoms with Gasteiger partial charge in [-0.3, -0.25) is 9.98 Å². The highest BCUT2D eigenvalue weighted by atomic mass is 14.8. The molecule has 0 aliphatic rings. The first-order valence-electron chi connectivity index (χ1n) is 4.22. The van der Waals surface area contributed by atoms with Crippen LogP contribution in [0.15, 0.2) is 23.3 Å². The van der Waals surface area contributed by atoms with Gasteiger partial charge in [0.2, 0.25) is 0 Å². The molecule has 0 radical (unpaired) electrons.